The van der Waals surface area contributed by atoms with Crippen molar-refractivity contribution in [2.75, 3.05) is 12.1 Å². The Labute approximate surface area is 152 Å². The summed E-state index contributed by atoms with van der Waals surface area (Å²) in [5.74, 6) is -1.93. The molecule has 9 heteroatoms. The second kappa shape index (κ2) is 6.67. The van der Waals surface area contributed by atoms with Crippen molar-refractivity contribution in [2.45, 2.75) is 17.9 Å². The van der Waals surface area contributed by atoms with Gasteiger partial charge in [-0.3, -0.25) is 9.59 Å². The first-order chi connectivity index (χ1) is 12.7. The van der Waals surface area contributed by atoms with E-state index >= 15 is 0 Å². The highest BCUT2D eigenvalue weighted by Gasteiger charge is 2.69. The number of amides is 2. The summed E-state index contributed by atoms with van der Waals surface area (Å²) in [6.07, 6.45) is -5.22. The molecule has 6 nitrogen and oxygen atoms in total. The van der Waals surface area contributed by atoms with Crippen LogP contribution >= 0.6 is 0 Å². The molecular formula is C18H16F3N3O3. The minimum atomic E-state index is -5.22. The van der Waals surface area contributed by atoms with Crippen molar-refractivity contribution < 1.29 is 27.9 Å². The zero-order chi connectivity index (χ0) is 19.8. The van der Waals surface area contributed by atoms with Crippen molar-refractivity contribution >= 4 is 17.5 Å². The number of anilines is 1. The van der Waals surface area contributed by atoms with Crippen LogP contribution in [0.15, 0.2) is 60.7 Å². The third kappa shape index (κ3) is 3.15. The van der Waals surface area contributed by atoms with Crippen molar-refractivity contribution in [3.63, 3.8) is 0 Å². The summed E-state index contributed by atoms with van der Waals surface area (Å²) in [7, 11) is 1.05. The number of nitrogens with zero attached hydrogens (tertiary/aromatic N) is 2. The molecule has 1 heterocycles. The van der Waals surface area contributed by atoms with Gasteiger partial charge in [0.05, 0.1) is 5.69 Å². The van der Waals surface area contributed by atoms with E-state index in [0.717, 1.165) is 7.05 Å². The molecule has 1 fully saturated rings. The Morgan fingerprint density at radius 3 is 2.15 bits per heavy atom. The van der Waals surface area contributed by atoms with Gasteiger partial charge in [-0.1, -0.05) is 36.4 Å². The quantitative estimate of drug-likeness (QED) is 0.855. The lowest BCUT2D eigenvalue weighted by molar-refractivity contribution is -0.278. The number of hydrogen-bond donors (Lipinski definition) is 2. The van der Waals surface area contributed by atoms with Gasteiger partial charge in [-0.15, -0.1) is 0 Å². The van der Waals surface area contributed by atoms with Crippen LogP contribution in [0.25, 0.3) is 0 Å². The fraction of sp³-hybridized carbons (Fsp3) is 0.222. The monoisotopic (exact) mass is 379 g/mol. The average molecular weight is 379 g/mol. The standard InChI is InChI=1S/C18H16F3N3O3/c1-23(15(25)12-8-4-2-5-9-12)14-16(26)24(13-10-6-3-7-11-13)22-17(14,27)18(19,20)21/h2-11,14,22,27H,1H3. The molecule has 0 spiro atoms. The molecule has 0 saturated carbocycles. The molecule has 2 aromatic carbocycles. The number of hydrazine groups is 1. The van der Waals surface area contributed by atoms with Crippen LogP contribution in [-0.2, 0) is 4.79 Å². The number of rotatable bonds is 3. The van der Waals surface area contributed by atoms with E-state index in [0.29, 0.717) is 9.91 Å². The van der Waals surface area contributed by atoms with Crippen molar-refractivity contribution in [1.82, 2.24) is 10.3 Å². The van der Waals surface area contributed by atoms with Crippen LogP contribution in [0.1, 0.15) is 10.4 Å². The van der Waals surface area contributed by atoms with Gasteiger partial charge in [0, 0.05) is 12.6 Å². The number of para-hydroxylation sites is 1. The van der Waals surface area contributed by atoms with Crippen molar-refractivity contribution in [3.8, 4) is 0 Å². The van der Waals surface area contributed by atoms with Gasteiger partial charge in [0.1, 0.15) is 0 Å². The van der Waals surface area contributed by atoms with E-state index in [-0.39, 0.29) is 11.3 Å². The Kier molecular flexibility index (Phi) is 4.66. The molecule has 0 radical (unpaired) electrons. The highest BCUT2D eigenvalue weighted by molar-refractivity contribution is 6.04. The number of halogens is 3. The Morgan fingerprint density at radius 1 is 1.11 bits per heavy atom. The predicted octanol–water partition coefficient (Wildman–Crippen LogP) is 1.93. The number of nitrogens with one attached hydrogen (secondary N) is 1. The first-order valence-corrected chi connectivity index (χ1v) is 7.95. The molecule has 142 valence electrons. The second-order valence-electron chi connectivity index (χ2n) is 6.07. The second-order valence-corrected chi connectivity index (χ2v) is 6.07. The van der Waals surface area contributed by atoms with Gasteiger partial charge in [-0.2, -0.15) is 18.6 Å². The molecule has 27 heavy (non-hydrogen) atoms. The molecule has 1 aliphatic heterocycles. The van der Waals surface area contributed by atoms with Crippen molar-refractivity contribution in [3.05, 3.63) is 66.2 Å². The fourth-order valence-electron chi connectivity index (χ4n) is 2.92. The SMILES string of the molecule is CN(C(=O)c1ccccc1)C1C(=O)N(c2ccccc2)NC1(O)C(F)(F)F. The van der Waals surface area contributed by atoms with Crippen molar-refractivity contribution in [1.29, 1.82) is 0 Å². The molecule has 0 bridgehead atoms. The molecule has 3 rings (SSSR count). The van der Waals surface area contributed by atoms with Crippen LogP contribution in [0.2, 0.25) is 0 Å². The lowest BCUT2D eigenvalue weighted by Crippen LogP contribution is -2.65. The first kappa shape index (κ1) is 18.9. The molecule has 0 aromatic heterocycles. The topological polar surface area (TPSA) is 72.9 Å². The number of hydrogen-bond acceptors (Lipinski definition) is 4. The molecule has 2 amide bonds. The molecule has 2 atom stereocenters. The Morgan fingerprint density at radius 2 is 1.63 bits per heavy atom. The van der Waals surface area contributed by atoms with Gasteiger partial charge in [-0.25, -0.2) is 5.01 Å². The molecule has 1 aliphatic rings. The van der Waals surface area contributed by atoms with Gasteiger partial charge in [-0.05, 0) is 24.3 Å². The van der Waals surface area contributed by atoms with Crippen LogP contribution in [0, 0.1) is 0 Å². The van der Waals surface area contributed by atoms with Crippen LogP contribution < -0.4 is 10.4 Å². The van der Waals surface area contributed by atoms with Crippen molar-refractivity contribution in [2.24, 2.45) is 0 Å². The lowest BCUT2D eigenvalue weighted by Gasteiger charge is -2.34. The third-order valence-electron chi connectivity index (χ3n) is 4.31. The summed E-state index contributed by atoms with van der Waals surface area (Å²) < 4.78 is 41.0. The van der Waals surface area contributed by atoms with E-state index in [1.54, 1.807) is 24.3 Å². The van der Waals surface area contributed by atoms with E-state index < -0.39 is 29.8 Å². The third-order valence-corrected chi connectivity index (χ3v) is 4.31. The maximum Gasteiger partial charge on any atom is 0.435 e. The highest BCUT2D eigenvalue weighted by atomic mass is 19.4. The zero-order valence-corrected chi connectivity index (χ0v) is 14.1. The van der Waals surface area contributed by atoms with Crippen LogP contribution in [0.3, 0.4) is 0 Å². The van der Waals surface area contributed by atoms with Gasteiger partial charge in [0.15, 0.2) is 6.04 Å². The summed E-state index contributed by atoms with van der Waals surface area (Å²) in [6.45, 7) is 0. The average Bonchev–Trinajstić information content (AvgIpc) is 2.94. The van der Waals surface area contributed by atoms with Crippen LogP contribution in [0.5, 0.6) is 0 Å². The largest absolute Gasteiger partial charge is 0.435 e. The smallest absolute Gasteiger partial charge is 0.365 e. The van der Waals surface area contributed by atoms with Crippen LogP contribution in [0.4, 0.5) is 18.9 Å². The maximum absolute atomic E-state index is 13.7. The van der Waals surface area contributed by atoms with Gasteiger partial charge in [0.2, 0.25) is 0 Å². The molecular weight excluding hydrogens is 363 g/mol. The van der Waals surface area contributed by atoms with E-state index in [2.05, 4.69) is 0 Å². The molecule has 2 N–H and O–H groups in total. The maximum atomic E-state index is 13.7. The van der Waals surface area contributed by atoms with E-state index in [9.17, 15) is 27.9 Å². The first-order valence-electron chi connectivity index (χ1n) is 7.95. The van der Waals surface area contributed by atoms with Crippen LogP contribution in [-0.4, -0.2) is 46.8 Å². The van der Waals surface area contributed by atoms with E-state index in [4.69, 9.17) is 0 Å². The molecule has 2 unspecified atom stereocenters. The van der Waals surface area contributed by atoms with E-state index in [1.807, 2.05) is 5.43 Å². The molecule has 2 aromatic rings. The predicted molar refractivity (Wildman–Crippen MR) is 90.4 cm³/mol. The zero-order valence-electron chi connectivity index (χ0n) is 14.1. The molecule has 1 saturated heterocycles. The van der Waals surface area contributed by atoms with E-state index in [1.165, 1.54) is 36.4 Å². The number of carbonyl (C=O) groups excluding carboxylic acids is 2. The normalized spacial score (nSPS) is 22.8. The summed E-state index contributed by atoms with van der Waals surface area (Å²) in [4.78, 5) is 25.9. The number of benzene rings is 2. The summed E-state index contributed by atoms with van der Waals surface area (Å²) in [6, 6.07) is 12.8. The number of alkyl halides is 3. The number of aliphatic hydroxyl groups is 1. The lowest BCUT2D eigenvalue weighted by atomic mass is 10.0. The Hall–Kier alpha value is -2.91. The fourth-order valence-corrected chi connectivity index (χ4v) is 2.92. The van der Waals surface area contributed by atoms with Gasteiger partial charge in [0.25, 0.3) is 17.5 Å². The summed E-state index contributed by atoms with van der Waals surface area (Å²) in [5, 5.41) is 11.0. The Balaban J connectivity index is 2.02. The number of likely N-dealkylation sites (N-methyl/N-ethyl adjacent to an activating group) is 1. The molecule has 0 aliphatic carbocycles. The van der Waals surface area contributed by atoms with Gasteiger partial charge >= 0.3 is 6.18 Å². The minimum Gasteiger partial charge on any atom is -0.365 e. The number of carbonyl (C=O) groups is 2. The summed E-state index contributed by atoms with van der Waals surface area (Å²) >= 11 is 0. The summed E-state index contributed by atoms with van der Waals surface area (Å²) in [5.41, 5.74) is -1.61. The Bertz CT molecular complexity index is 845. The minimum absolute atomic E-state index is 0.0930. The van der Waals surface area contributed by atoms with Gasteiger partial charge < -0.3 is 10.0 Å². The highest BCUT2D eigenvalue weighted by Crippen LogP contribution is 2.39.